The molecule has 7 aromatic carbocycles. The van der Waals surface area contributed by atoms with Crippen molar-refractivity contribution in [1.82, 2.24) is 9.55 Å². The van der Waals surface area contributed by atoms with Crippen LogP contribution in [0, 0.1) is 23.8 Å². The normalized spacial score (nSPS) is 11.0. The molecule has 63 heavy (non-hydrogen) atoms. The van der Waals surface area contributed by atoms with Gasteiger partial charge in [0.1, 0.15) is 5.82 Å². The molecular weight excluding hydrogens is 1100 g/mol. The maximum Gasteiger partial charge on any atom is 0.282 e. The Bertz CT molecular complexity index is 3100. The van der Waals surface area contributed by atoms with Gasteiger partial charge in [-0.25, -0.2) is 4.98 Å². The molecule has 10 rings (SSSR count). The first kappa shape index (κ1) is 45.5. The molecule has 9 aromatic rings. The third-order valence-corrected chi connectivity index (χ3v) is 12.8. The van der Waals surface area contributed by atoms with Gasteiger partial charge in [-0.05, 0) is 135 Å². The van der Waals surface area contributed by atoms with Crippen LogP contribution in [0.4, 0.5) is 11.4 Å². The minimum absolute atomic E-state index is 0.129. The maximum absolute atomic E-state index is 10.9. The Labute approximate surface area is 403 Å². The summed E-state index contributed by atoms with van der Waals surface area (Å²) in [7, 11) is 0. The molecule has 2 aromatic heterocycles. The van der Waals surface area contributed by atoms with E-state index in [1.807, 2.05) is 53.1 Å². The fourth-order valence-electron chi connectivity index (χ4n) is 7.33. The van der Waals surface area contributed by atoms with Crippen molar-refractivity contribution in [1.29, 1.82) is 0 Å². The highest BCUT2D eigenvalue weighted by Crippen LogP contribution is 2.38. The lowest BCUT2D eigenvalue weighted by Crippen LogP contribution is -1.99. The van der Waals surface area contributed by atoms with E-state index in [1.165, 1.54) is 66.2 Å². The van der Waals surface area contributed by atoms with Crippen molar-refractivity contribution in [3.63, 3.8) is 0 Å². The van der Waals surface area contributed by atoms with Crippen molar-refractivity contribution in [2.75, 3.05) is 0 Å². The molecule has 0 saturated carbocycles. The van der Waals surface area contributed by atoms with Crippen LogP contribution in [-0.2, 0) is 6.42 Å². The molecule has 0 amide bonds. The molecule has 0 aliphatic heterocycles. The second kappa shape index (κ2) is 20.8. The summed E-state index contributed by atoms with van der Waals surface area (Å²) in [6, 6.07) is 55.2. The zero-order chi connectivity index (χ0) is 44.6. The van der Waals surface area contributed by atoms with Gasteiger partial charge < -0.3 is 0 Å². The van der Waals surface area contributed by atoms with Gasteiger partial charge in [-0.3, -0.25) is 24.8 Å². The maximum atomic E-state index is 10.9. The number of halogens is 4. The van der Waals surface area contributed by atoms with Crippen molar-refractivity contribution in [3.05, 3.63) is 230 Å². The average Bonchev–Trinajstić information content (AvgIpc) is 3.82. The van der Waals surface area contributed by atoms with Crippen LogP contribution in [0.25, 0.3) is 49.9 Å². The molecule has 0 N–H and O–H groups in total. The Morgan fingerprint density at radius 1 is 0.571 bits per heavy atom. The van der Waals surface area contributed by atoms with E-state index in [-0.39, 0.29) is 21.2 Å². The molecule has 314 valence electrons. The van der Waals surface area contributed by atoms with Crippen molar-refractivity contribution < 1.29 is 9.85 Å². The van der Waals surface area contributed by atoms with Gasteiger partial charge in [0, 0.05) is 42.5 Å². The highest BCUT2D eigenvalue weighted by Gasteiger charge is 2.18. The number of hydrogen-bond donors (Lipinski definition) is 0. The van der Waals surface area contributed by atoms with Gasteiger partial charge in [0.15, 0.2) is 0 Å². The van der Waals surface area contributed by atoms with Crippen molar-refractivity contribution in [2.45, 2.75) is 26.2 Å². The molecule has 1 aliphatic carbocycles. The van der Waals surface area contributed by atoms with Crippen LogP contribution < -0.4 is 0 Å². The number of nitro benzene ring substituents is 2. The Morgan fingerprint density at radius 2 is 1.14 bits per heavy atom. The number of rotatable bonds is 5. The summed E-state index contributed by atoms with van der Waals surface area (Å²) in [4.78, 5) is 25.0. The zero-order valence-corrected chi connectivity index (χ0v) is 40.9. The fourth-order valence-corrected chi connectivity index (χ4v) is 8.93. The number of pyridine rings is 1. The van der Waals surface area contributed by atoms with Crippen molar-refractivity contribution >= 4 is 104 Å². The predicted octanol–water partition coefficient (Wildman–Crippen LogP) is 16.3. The van der Waals surface area contributed by atoms with Gasteiger partial charge in [-0.1, -0.05) is 153 Å². The van der Waals surface area contributed by atoms with Crippen LogP contribution in [0.2, 0.25) is 0 Å². The molecule has 0 saturated heterocycles. The molecule has 0 radical (unpaired) electrons. The Hall–Kier alpha value is -5.54. The summed E-state index contributed by atoms with van der Waals surface area (Å²) in [5, 5.41) is 23.6. The lowest BCUT2D eigenvalue weighted by molar-refractivity contribution is -0.385. The molecular formula is C51H38Br3IN4O4. The molecule has 0 spiro atoms. The van der Waals surface area contributed by atoms with Crippen molar-refractivity contribution in [3.8, 4) is 28.1 Å². The lowest BCUT2D eigenvalue weighted by atomic mass is 10.0. The number of hydrogen-bond acceptors (Lipinski definition) is 5. The SMILES string of the molecule is Brc1ccc2c(c1)Cc1ccccc1-2.CC(C)c1ccnc(-n2c3ccccc3c3ccc(Br)cc32)c1.O=[N+]([O-])c1ccccc1-c1ccc(Br)cc1.O=[N+]([O-])c1ccccc1I. The van der Waals surface area contributed by atoms with E-state index in [2.05, 4.69) is 168 Å². The largest absolute Gasteiger partial charge is 0.294 e. The summed E-state index contributed by atoms with van der Waals surface area (Å²) < 4.78 is 6.12. The van der Waals surface area contributed by atoms with Crippen LogP contribution in [0.3, 0.4) is 0 Å². The monoisotopic (exact) mass is 1130 g/mol. The first-order valence-corrected chi connectivity index (χ1v) is 23.3. The third kappa shape index (κ3) is 10.8. The van der Waals surface area contributed by atoms with Crippen LogP contribution in [-0.4, -0.2) is 19.4 Å². The van der Waals surface area contributed by atoms with Crippen LogP contribution in [0.15, 0.2) is 189 Å². The van der Waals surface area contributed by atoms with Gasteiger partial charge in [0.25, 0.3) is 11.4 Å². The smallest absolute Gasteiger partial charge is 0.282 e. The van der Waals surface area contributed by atoms with Crippen LogP contribution in [0.5, 0.6) is 0 Å². The molecule has 0 atom stereocenters. The standard InChI is InChI=1S/C20H17BrN2.C13H9Br.C12H8BrNO2.C6H4INO2/c1-13(2)14-9-10-22-20(11-14)23-18-6-4-3-5-16(18)17-8-7-15(21)12-19(17)23;14-11-5-6-13-10(8-11)7-9-3-1-2-4-12(9)13;13-10-7-5-9(6-8-10)11-3-1-2-4-12(11)14(15)16;7-5-3-1-2-4-6(5)8(9)10/h3-13H,1-2H3;1-6,8H,7H2;1-8H;1-4H. The highest BCUT2D eigenvalue weighted by atomic mass is 127. The average molecular weight is 1140 g/mol. The molecule has 8 nitrogen and oxygen atoms in total. The molecule has 1 aliphatic rings. The third-order valence-electron chi connectivity index (χ3n) is 10.4. The zero-order valence-electron chi connectivity index (χ0n) is 34.0. The van der Waals surface area contributed by atoms with E-state index in [0.717, 1.165) is 26.7 Å². The van der Waals surface area contributed by atoms with Gasteiger partial charge >= 0.3 is 0 Å². The molecule has 0 fully saturated rings. The summed E-state index contributed by atoms with van der Waals surface area (Å²) in [6.07, 6.45) is 2.98. The van der Waals surface area contributed by atoms with E-state index in [4.69, 9.17) is 0 Å². The minimum atomic E-state index is -0.387. The second-order valence-electron chi connectivity index (χ2n) is 14.7. The highest BCUT2D eigenvalue weighted by molar-refractivity contribution is 14.1. The number of nitrogens with zero attached hydrogens (tertiary/aromatic N) is 4. The van der Waals surface area contributed by atoms with E-state index < -0.39 is 0 Å². The molecule has 2 heterocycles. The predicted molar refractivity (Wildman–Crippen MR) is 275 cm³/mol. The second-order valence-corrected chi connectivity index (χ2v) is 18.7. The Balaban J connectivity index is 0.000000132. The number of aromatic nitrogens is 2. The first-order valence-electron chi connectivity index (χ1n) is 19.8. The molecule has 12 heteroatoms. The van der Waals surface area contributed by atoms with E-state index in [1.54, 1.807) is 36.4 Å². The summed E-state index contributed by atoms with van der Waals surface area (Å²) in [5.74, 6) is 1.46. The first-order chi connectivity index (χ1) is 30.4. The van der Waals surface area contributed by atoms with E-state index in [9.17, 15) is 20.2 Å². The van der Waals surface area contributed by atoms with E-state index in [0.29, 0.717) is 15.1 Å². The van der Waals surface area contributed by atoms with Gasteiger partial charge in [-0.2, -0.15) is 0 Å². The number of para-hydroxylation sites is 3. The number of nitro groups is 2. The van der Waals surface area contributed by atoms with Crippen LogP contribution in [0.1, 0.15) is 36.5 Å². The number of benzene rings is 7. The van der Waals surface area contributed by atoms with Gasteiger partial charge in [0.05, 0.1) is 30.0 Å². The summed E-state index contributed by atoms with van der Waals surface area (Å²) in [5.41, 5.74) is 11.1. The number of fused-ring (bicyclic) bond motifs is 6. The van der Waals surface area contributed by atoms with Gasteiger partial charge in [0.2, 0.25) is 0 Å². The van der Waals surface area contributed by atoms with E-state index >= 15 is 0 Å². The quantitative estimate of drug-likeness (QED) is 0.0970. The Morgan fingerprint density at radius 3 is 1.84 bits per heavy atom. The van der Waals surface area contributed by atoms with Crippen molar-refractivity contribution in [2.24, 2.45) is 0 Å². The molecule has 0 unspecified atom stereocenters. The lowest BCUT2D eigenvalue weighted by Gasteiger charge is -2.10. The summed E-state index contributed by atoms with van der Waals surface area (Å²) in [6.45, 7) is 4.42. The topological polar surface area (TPSA) is 104 Å². The molecule has 0 bridgehead atoms. The van der Waals surface area contributed by atoms with Gasteiger partial charge in [-0.15, -0.1) is 0 Å². The Kier molecular flexibility index (Phi) is 15.0. The summed E-state index contributed by atoms with van der Waals surface area (Å²) >= 11 is 12.4. The minimum Gasteiger partial charge on any atom is -0.294 e. The van der Waals surface area contributed by atoms with Crippen LogP contribution >= 0.6 is 70.4 Å². The fraction of sp³-hybridized carbons (Fsp3) is 0.0784.